The highest BCUT2D eigenvalue weighted by atomic mass is 19.3. The maximum absolute atomic E-state index is 13.2. The van der Waals surface area contributed by atoms with Crippen LogP contribution in [0.1, 0.15) is 45.6 Å². The maximum atomic E-state index is 13.2. The molecule has 0 saturated heterocycles. The molecular weight excluding hydrogens is 408 g/mol. The van der Waals surface area contributed by atoms with E-state index in [4.69, 9.17) is 5.26 Å². The summed E-state index contributed by atoms with van der Waals surface area (Å²) >= 11 is 0. The van der Waals surface area contributed by atoms with Crippen molar-refractivity contribution >= 4 is 23.2 Å². The van der Waals surface area contributed by atoms with Gasteiger partial charge in [0.15, 0.2) is 5.82 Å². The lowest BCUT2D eigenvalue weighted by Gasteiger charge is -2.33. The van der Waals surface area contributed by atoms with E-state index in [0.29, 0.717) is 11.3 Å². The van der Waals surface area contributed by atoms with Crippen LogP contribution < -0.4 is 10.2 Å². The number of carbonyl (C=O) groups excluding carboxylic acids is 2. The highest BCUT2D eigenvalue weighted by molar-refractivity contribution is 6.15. The monoisotopic (exact) mass is 423 g/mol. The second kappa shape index (κ2) is 7.91. The third kappa shape index (κ3) is 3.71. The molecule has 3 heterocycles. The molecule has 0 fully saturated rings. The van der Waals surface area contributed by atoms with Crippen molar-refractivity contribution in [1.29, 1.82) is 5.26 Å². The average Bonchev–Trinajstić information content (AvgIpc) is 3.18. The Bertz CT molecular complexity index is 1200. The molecule has 0 unspecified atom stereocenters. The fourth-order valence-corrected chi connectivity index (χ4v) is 3.37. The Morgan fingerprint density at radius 1 is 1.29 bits per heavy atom. The van der Waals surface area contributed by atoms with Gasteiger partial charge in [0.05, 0.1) is 54.1 Å². The molecule has 0 saturated carbocycles. The lowest BCUT2D eigenvalue weighted by molar-refractivity contribution is 0.0933. The molecule has 1 N–H and O–H groups in total. The van der Waals surface area contributed by atoms with E-state index in [1.54, 1.807) is 25.1 Å². The first-order valence-electron chi connectivity index (χ1n) is 9.20. The van der Waals surface area contributed by atoms with E-state index >= 15 is 0 Å². The second-order valence-corrected chi connectivity index (χ2v) is 6.86. The van der Waals surface area contributed by atoms with E-state index in [2.05, 4.69) is 20.4 Å². The summed E-state index contributed by atoms with van der Waals surface area (Å²) in [5, 5.41) is 15.8. The highest BCUT2D eigenvalue weighted by Gasteiger charge is 2.36. The van der Waals surface area contributed by atoms with E-state index in [-0.39, 0.29) is 29.5 Å². The summed E-state index contributed by atoms with van der Waals surface area (Å²) in [7, 11) is 0. The molecule has 11 heteroatoms. The van der Waals surface area contributed by atoms with Crippen LogP contribution in [0, 0.1) is 11.3 Å². The van der Waals surface area contributed by atoms with Crippen molar-refractivity contribution in [3.63, 3.8) is 0 Å². The van der Waals surface area contributed by atoms with Crippen molar-refractivity contribution in [2.45, 2.75) is 25.9 Å². The van der Waals surface area contributed by atoms with E-state index in [1.807, 2.05) is 6.07 Å². The smallest absolute Gasteiger partial charge is 0.297 e. The number of benzene rings is 1. The first-order valence-corrected chi connectivity index (χ1v) is 9.20. The van der Waals surface area contributed by atoms with Gasteiger partial charge < -0.3 is 5.32 Å². The number of hydrogen-bond donors (Lipinski definition) is 1. The molecule has 156 valence electrons. The van der Waals surface area contributed by atoms with E-state index < -0.39 is 24.1 Å². The molecule has 3 aromatic rings. The molecule has 0 aliphatic carbocycles. The normalized spacial score (nSPS) is 15.5. The van der Waals surface area contributed by atoms with Gasteiger partial charge in [-0.3, -0.25) is 19.2 Å². The first kappa shape index (κ1) is 20.1. The van der Waals surface area contributed by atoms with Gasteiger partial charge in [-0.25, -0.2) is 18.7 Å². The minimum absolute atomic E-state index is 0.0504. The molecule has 2 amide bonds. The number of nitrogens with zero attached hydrogens (tertiary/aromatic N) is 6. The Kier molecular flexibility index (Phi) is 5.12. The molecule has 0 spiro atoms. The number of anilines is 2. The molecule has 9 nitrogen and oxygen atoms in total. The molecule has 1 aliphatic heterocycles. The number of amides is 2. The summed E-state index contributed by atoms with van der Waals surface area (Å²) in [6.45, 7) is 2.05. The van der Waals surface area contributed by atoms with Crippen LogP contribution in [-0.4, -0.2) is 37.6 Å². The Labute approximate surface area is 174 Å². The Balaban J connectivity index is 1.64. The van der Waals surface area contributed by atoms with Crippen molar-refractivity contribution in [2.24, 2.45) is 0 Å². The van der Waals surface area contributed by atoms with E-state index in [0.717, 1.165) is 12.4 Å². The van der Waals surface area contributed by atoms with Crippen molar-refractivity contribution in [3.05, 3.63) is 65.5 Å². The van der Waals surface area contributed by atoms with Crippen LogP contribution >= 0.6 is 0 Å². The largest absolute Gasteiger partial charge is 0.322 e. The highest BCUT2D eigenvalue weighted by Crippen LogP contribution is 2.27. The predicted molar refractivity (Wildman–Crippen MR) is 105 cm³/mol. The van der Waals surface area contributed by atoms with Crippen LogP contribution in [-0.2, 0) is 6.54 Å². The molecule has 2 aromatic heterocycles. The van der Waals surface area contributed by atoms with E-state index in [9.17, 15) is 18.4 Å². The van der Waals surface area contributed by atoms with Crippen LogP contribution in [0.15, 0.2) is 42.9 Å². The van der Waals surface area contributed by atoms with Gasteiger partial charge in [0, 0.05) is 5.69 Å². The van der Waals surface area contributed by atoms with Gasteiger partial charge >= 0.3 is 0 Å². The summed E-state index contributed by atoms with van der Waals surface area (Å²) in [5.41, 5.74) is 1.12. The Morgan fingerprint density at radius 3 is 2.71 bits per heavy atom. The molecular formula is C20H15F2N7O2. The topological polar surface area (TPSA) is 117 Å². The van der Waals surface area contributed by atoms with Crippen LogP contribution in [0.25, 0.3) is 0 Å². The minimum atomic E-state index is -2.82. The predicted octanol–water partition coefficient (Wildman–Crippen LogP) is 2.78. The SMILES string of the molecule is C[C@H]1Cn2ncc(C(=O)Nc3cccc(C#N)c3)c2C(=O)N1c1cnc(C(F)F)nc1. The molecule has 1 aromatic carbocycles. The van der Waals surface area contributed by atoms with Gasteiger partial charge in [0.1, 0.15) is 5.69 Å². The summed E-state index contributed by atoms with van der Waals surface area (Å²) in [4.78, 5) is 34.6. The number of carbonyl (C=O) groups is 2. The number of halogens is 2. The number of nitriles is 1. The minimum Gasteiger partial charge on any atom is -0.322 e. The molecule has 0 bridgehead atoms. The fraction of sp³-hybridized carbons (Fsp3) is 0.200. The van der Waals surface area contributed by atoms with Gasteiger partial charge in [-0.05, 0) is 25.1 Å². The molecule has 1 atom stereocenters. The Morgan fingerprint density at radius 2 is 2.03 bits per heavy atom. The number of nitrogens with one attached hydrogen (secondary N) is 1. The lowest BCUT2D eigenvalue weighted by Crippen LogP contribution is -2.47. The van der Waals surface area contributed by atoms with Crippen molar-refractivity contribution in [1.82, 2.24) is 19.7 Å². The number of alkyl halides is 2. The molecule has 0 radical (unpaired) electrons. The quantitative estimate of drug-likeness (QED) is 0.690. The summed E-state index contributed by atoms with van der Waals surface area (Å²) in [6.07, 6.45) is 0.785. The van der Waals surface area contributed by atoms with Gasteiger partial charge in [0.2, 0.25) is 0 Å². The van der Waals surface area contributed by atoms with Gasteiger partial charge in [-0.2, -0.15) is 10.4 Å². The fourth-order valence-electron chi connectivity index (χ4n) is 3.37. The summed E-state index contributed by atoms with van der Waals surface area (Å²) in [6, 6.07) is 7.96. The zero-order valence-corrected chi connectivity index (χ0v) is 16.2. The van der Waals surface area contributed by atoms with Crippen LogP contribution in [0.4, 0.5) is 20.2 Å². The Hall–Kier alpha value is -4.20. The second-order valence-electron chi connectivity index (χ2n) is 6.86. The zero-order chi connectivity index (χ0) is 22.1. The lowest BCUT2D eigenvalue weighted by atomic mass is 10.1. The van der Waals surface area contributed by atoms with Gasteiger partial charge in [-0.15, -0.1) is 0 Å². The maximum Gasteiger partial charge on any atom is 0.297 e. The summed E-state index contributed by atoms with van der Waals surface area (Å²) < 4.78 is 26.9. The number of fused-ring (bicyclic) bond motifs is 1. The number of aromatic nitrogens is 4. The van der Waals surface area contributed by atoms with Gasteiger partial charge in [0.25, 0.3) is 18.2 Å². The standard InChI is InChI=1S/C20H15F2N7O2/c1-11-10-28-16(20(31)29(11)14-7-24-18(17(21)22)25-8-14)15(9-26-28)19(30)27-13-4-2-3-12(5-13)6-23/h2-5,7-9,11,17H,10H2,1H3,(H,27,30)/t11-/m0/s1. The van der Waals surface area contributed by atoms with E-state index in [1.165, 1.54) is 21.8 Å². The summed E-state index contributed by atoms with van der Waals surface area (Å²) in [5.74, 6) is -1.73. The first-order chi connectivity index (χ1) is 14.9. The number of rotatable bonds is 4. The zero-order valence-electron chi connectivity index (χ0n) is 16.2. The molecule has 1 aliphatic rings. The number of hydrogen-bond acceptors (Lipinski definition) is 6. The average molecular weight is 423 g/mol. The third-order valence-corrected chi connectivity index (χ3v) is 4.76. The molecule has 4 rings (SSSR count). The van der Waals surface area contributed by atoms with Crippen LogP contribution in [0.5, 0.6) is 0 Å². The third-order valence-electron chi connectivity index (χ3n) is 4.76. The van der Waals surface area contributed by atoms with Crippen LogP contribution in [0.3, 0.4) is 0 Å². The van der Waals surface area contributed by atoms with Crippen LogP contribution in [0.2, 0.25) is 0 Å². The van der Waals surface area contributed by atoms with Gasteiger partial charge in [-0.1, -0.05) is 6.07 Å². The van der Waals surface area contributed by atoms with Crippen molar-refractivity contribution in [3.8, 4) is 6.07 Å². The van der Waals surface area contributed by atoms with Crippen molar-refractivity contribution < 1.29 is 18.4 Å². The van der Waals surface area contributed by atoms with Crippen molar-refractivity contribution in [2.75, 3.05) is 10.2 Å². The molecule has 31 heavy (non-hydrogen) atoms.